The van der Waals surface area contributed by atoms with E-state index in [1.165, 1.54) is 0 Å². The molecule has 0 spiro atoms. The highest BCUT2D eigenvalue weighted by Gasteiger charge is 2.30. The zero-order chi connectivity index (χ0) is 10.8. The van der Waals surface area contributed by atoms with E-state index >= 15 is 0 Å². The minimum atomic E-state index is 0.362. The van der Waals surface area contributed by atoms with Crippen LogP contribution in [0.1, 0.15) is 20.3 Å². The third kappa shape index (κ3) is 2.48. The van der Waals surface area contributed by atoms with Gasteiger partial charge in [0, 0.05) is 30.0 Å². The molecule has 0 saturated carbocycles. The van der Waals surface area contributed by atoms with Gasteiger partial charge in [0.25, 0.3) is 0 Å². The fraction of sp³-hybridized carbons (Fsp3) is 0.909. The monoisotopic (exact) mass is 228 g/mol. The van der Waals surface area contributed by atoms with Gasteiger partial charge in [-0.25, -0.2) is 0 Å². The van der Waals surface area contributed by atoms with Crippen molar-refractivity contribution in [2.75, 3.05) is 25.4 Å². The quantitative estimate of drug-likeness (QED) is 0.764. The highest BCUT2D eigenvalue weighted by Crippen LogP contribution is 2.25. The van der Waals surface area contributed by atoms with E-state index in [0.29, 0.717) is 23.1 Å². The van der Waals surface area contributed by atoms with Crippen LogP contribution in [0.2, 0.25) is 0 Å². The predicted molar refractivity (Wildman–Crippen MR) is 64.1 cm³/mol. The normalized spacial score (nSPS) is 32.5. The maximum atomic E-state index is 12.0. The first-order valence-electron chi connectivity index (χ1n) is 5.80. The van der Waals surface area contributed by atoms with Crippen molar-refractivity contribution in [2.24, 2.45) is 5.92 Å². The van der Waals surface area contributed by atoms with Gasteiger partial charge >= 0.3 is 0 Å². The summed E-state index contributed by atoms with van der Waals surface area (Å²) in [6.07, 6.45) is 0.745. The molecule has 15 heavy (non-hydrogen) atoms. The van der Waals surface area contributed by atoms with E-state index in [-0.39, 0.29) is 0 Å². The first-order valence-corrected chi connectivity index (χ1v) is 6.85. The van der Waals surface area contributed by atoms with Gasteiger partial charge in [-0.2, -0.15) is 11.8 Å². The van der Waals surface area contributed by atoms with Crippen LogP contribution in [0.4, 0.5) is 0 Å². The fourth-order valence-corrected chi connectivity index (χ4v) is 3.24. The molecule has 2 fully saturated rings. The number of hydrogen-bond acceptors (Lipinski definition) is 3. The molecule has 0 aromatic rings. The number of amides is 1. The Kier molecular flexibility index (Phi) is 3.57. The molecule has 2 heterocycles. The van der Waals surface area contributed by atoms with E-state index in [4.69, 9.17) is 0 Å². The molecule has 2 unspecified atom stereocenters. The van der Waals surface area contributed by atoms with Crippen molar-refractivity contribution >= 4 is 17.7 Å². The topological polar surface area (TPSA) is 32.3 Å². The summed E-state index contributed by atoms with van der Waals surface area (Å²) in [4.78, 5) is 14.1. The minimum Gasteiger partial charge on any atom is -0.338 e. The van der Waals surface area contributed by atoms with Crippen LogP contribution >= 0.6 is 11.8 Å². The molecule has 3 nitrogen and oxygen atoms in total. The lowest BCUT2D eigenvalue weighted by molar-refractivity contribution is -0.134. The number of thioether (sulfide) groups is 1. The SMILES string of the molecule is CC1SCCN(C(=O)CC2CNC2)C1C. The molecule has 2 atom stereocenters. The summed E-state index contributed by atoms with van der Waals surface area (Å²) >= 11 is 1.98. The predicted octanol–water partition coefficient (Wildman–Crippen LogP) is 0.948. The van der Waals surface area contributed by atoms with Crippen LogP contribution in [0, 0.1) is 5.92 Å². The number of rotatable bonds is 2. The molecule has 2 aliphatic heterocycles. The second kappa shape index (κ2) is 4.74. The lowest BCUT2D eigenvalue weighted by Gasteiger charge is -2.39. The second-order valence-electron chi connectivity index (χ2n) is 4.63. The highest BCUT2D eigenvalue weighted by atomic mass is 32.2. The number of hydrogen-bond donors (Lipinski definition) is 1. The summed E-state index contributed by atoms with van der Waals surface area (Å²) in [5.74, 6) is 2.05. The van der Waals surface area contributed by atoms with E-state index in [0.717, 1.165) is 31.8 Å². The molecule has 0 aromatic carbocycles. The maximum Gasteiger partial charge on any atom is 0.223 e. The zero-order valence-corrected chi connectivity index (χ0v) is 10.3. The van der Waals surface area contributed by atoms with Crippen molar-refractivity contribution in [1.82, 2.24) is 10.2 Å². The first-order chi connectivity index (χ1) is 7.18. The van der Waals surface area contributed by atoms with Gasteiger partial charge in [-0.15, -0.1) is 0 Å². The van der Waals surface area contributed by atoms with E-state index in [1.807, 2.05) is 11.8 Å². The molecule has 0 aliphatic carbocycles. The number of nitrogens with zero attached hydrogens (tertiary/aromatic N) is 1. The van der Waals surface area contributed by atoms with Gasteiger partial charge in [0.05, 0.1) is 0 Å². The molecule has 0 radical (unpaired) electrons. The van der Waals surface area contributed by atoms with Crippen LogP contribution < -0.4 is 5.32 Å². The molecule has 2 saturated heterocycles. The van der Waals surface area contributed by atoms with E-state index in [2.05, 4.69) is 24.1 Å². The Morgan fingerprint density at radius 2 is 2.20 bits per heavy atom. The van der Waals surface area contributed by atoms with Crippen molar-refractivity contribution in [3.8, 4) is 0 Å². The maximum absolute atomic E-state index is 12.0. The average molecular weight is 228 g/mol. The van der Waals surface area contributed by atoms with E-state index < -0.39 is 0 Å². The van der Waals surface area contributed by atoms with Crippen LogP contribution in [0.3, 0.4) is 0 Å². The lowest BCUT2D eigenvalue weighted by Crippen LogP contribution is -2.51. The molecule has 2 aliphatic rings. The van der Waals surface area contributed by atoms with Crippen LogP contribution in [0.15, 0.2) is 0 Å². The Morgan fingerprint density at radius 3 is 2.80 bits per heavy atom. The van der Waals surface area contributed by atoms with Gasteiger partial charge in [0.1, 0.15) is 0 Å². The smallest absolute Gasteiger partial charge is 0.223 e. The standard InChI is InChI=1S/C11H20N2OS/c1-8-9(2)15-4-3-13(8)11(14)5-10-6-12-7-10/h8-10,12H,3-7H2,1-2H3. The number of carbonyl (C=O) groups excluding carboxylic acids is 1. The largest absolute Gasteiger partial charge is 0.338 e. The molecular formula is C11H20N2OS. The molecule has 1 N–H and O–H groups in total. The van der Waals surface area contributed by atoms with Crippen molar-refractivity contribution in [3.63, 3.8) is 0 Å². The Hall–Kier alpha value is -0.220. The third-order valence-corrected chi connectivity index (χ3v) is 4.87. The summed E-state index contributed by atoms with van der Waals surface area (Å²) in [7, 11) is 0. The van der Waals surface area contributed by atoms with Gasteiger partial charge in [0.15, 0.2) is 0 Å². The first kappa shape index (κ1) is 11.3. The summed E-state index contributed by atoms with van der Waals surface area (Å²) < 4.78 is 0. The average Bonchev–Trinajstić information content (AvgIpc) is 2.15. The molecular weight excluding hydrogens is 208 g/mol. The van der Waals surface area contributed by atoms with Crippen LogP contribution in [0.5, 0.6) is 0 Å². The highest BCUT2D eigenvalue weighted by molar-refractivity contribution is 8.00. The van der Waals surface area contributed by atoms with Crippen LogP contribution in [-0.2, 0) is 4.79 Å². The number of carbonyl (C=O) groups is 1. The van der Waals surface area contributed by atoms with Gasteiger partial charge in [-0.3, -0.25) is 4.79 Å². The molecule has 0 bridgehead atoms. The van der Waals surface area contributed by atoms with E-state index in [9.17, 15) is 4.79 Å². The molecule has 0 aromatic heterocycles. The Balaban J connectivity index is 1.87. The zero-order valence-electron chi connectivity index (χ0n) is 9.53. The fourth-order valence-electron chi connectivity index (χ4n) is 2.14. The Morgan fingerprint density at radius 1 is 1.47 bits per heavy atom. The van der Waals surface area contributed by atoms with Crippen molar-refractivity contribution in [2.45, 2.75) is 31.6 Å². The van der Waals surface area contributed by atoms with Gasteiger partial charge in [-0.05, 0) is 25.9 Å². The summed E-state index contributed by atoms with van der Waals surface area (Å²) in [6, 6.07) is 0.407. The molecule has 4 heteroatoms. The summed E-state index contributed by atoms with van der Waals surface area (Å²) in [5, 5.41) is 3.80. The Labute approximate surface area is 96.0 Å². The van der Waals surface area contributed by atoms with Gasteiger partial charge in [-0.1, -0.05) is 6.92 Å². The van der Waals surface area contributed by atoms with Gasteiger partial charge in [0.2, 0.25) is 5.91 Å². The van der Waals surface area contributed by atoms with Crippen molar-refractivity contribution in [3.05, 3.63) is 0 Å². The summed E-state index contributed by atoms with van der Waals surface area (Å²) in [6.45, 7) is 7.39. The molecule has 86 valence electrons. The second-order valence-corrected chi connectivity index (χ2v) is 6.12. The lowest BCUT2D eigenvalue weighted by atomic mass is 9.98. The minimum absolute atomic E-state index is 0.362. The Bertz CT molecular complexity index is 243. The van der Waals surface area contributed by atoms with E-state index in [1.54, 1.807) is 0 Å². The van der Waals surface area contributed by atoms with Crippen LogP contribution in [-0.4, -0.2) is 47.5 Å². The number of nitrogens with one attached hydrogen (secondary N) is 1. The molecule has 1 amide bonds. The molecule has 2 rings (SSSR count). The van der Waals surface area contributed by atoms with Crippen LogP contribution in [0.25, 0.3) is 0 Å². The summed E-state index contributed by atoms with van der Waals surface area (Å²) in [5.41, 5.74) is 0. The van der Waals surface area contributed by atoms with Crippen molar-refractivity contribution in [1.29, 1.82) is 0 Å². The third-order valence-electron chi connectivity index (χ3n) is 3.53. The van der Waals surface area contributed by atoms with Gasteiger partial charge < -0.3 is 10.2 Å². The van der Waals surface area contributed by atoms with Crippen molar-refractivity contribution < 1.29 is 4.79 Å².